The summed E-state index contributed by atoms with van der Waals surface area (Å²) >= 11 is 0. The molecule has 0 radical (unpaired) electrons. The van der Waals surface area contributed by atoms with Crippen LogP contribution in [0.15, 0.2) is 0 Å². The van der Waals surface area contributed by atoms with Crippen molar-refractivity contribution in [1.29, 1.82) is 0 Å². The highest BCUT2D eigenvalue weighted by atomic mass is 15.2. The number of nitrogens with zero attached hydrogens (tertiary/aromatic N) is 1. The van der Waals surface area contributed by atoms with E-state index in [4.69, 9.17) is 6.42 Å². The first-order valence-corrected chi connectivity index (χ1v) is 7.22. The Balaban J connectivity index is 1.85. The molecular formula is C15H26N2. The van der Waals surface area contributed by atoms with Crippen molar-refractivity contribution >= 4 is 0 Å². The third-order valence-electron chi connectivity index (χ3n) is 4.49. The predicted molar refractivity (Wildman–Crippen MR) is 72.9 cm³/mol. The second-order valence-corrected chi connectivity index (χ2v) is 5.71. The molecular weight excluding hydrogens is 208 g/mol. The molecule has 17 heavy (non-hydrogen) atoms. The fourth-order valence-corrected chi connectivity index (χ4v) is 3.35. The maximum atomic E-state index is 5.42. The fraction of sp³-hybridized carbons (Fsp3) is 0.867. The highest BCUT2D eigenvalue weighted by molar-refractivity contribution is 4.93. The van der Waals surface area contributed by atoms with Crippen LogP contribution in [0, 0.1) is 18.3 Å². The summed E-state index contributed by atoms with van der Waals surface area (Å²) in [6.45, 7) is 5.76. The van der Waals surface area contributed by atoms with Crippen LogP contribution >= 0.6 is 0 Å². The molecule has 2 unspecified atom stereocenters. The third kappa shape index (κ3) is 3.47. The van der Waals surface area contributed by atoms with Gasteiger partial charge in [-0.1, -0.05) is 19.3 Å². The van der Waals surface area contributed by atoms with Gasteiger partial charge >= 0.3 is 0 Å². The van der Waals surface area contributed by atoms with E-state index in [1.807, 2.05) is 0 Å². The Labute approximate surface area is 106 Å². The molecule has 0 aromatic rings. The minimum absolute atomic E-state index is 0.549. The summed E-state index contributed by atoms with van der Waals surface area (Å²) in [5.41, 5.74) is 0. The lowest BCUT2D eigenvalue weighted by molar-refractivity contribution is 0.116. The average molecular weight is 234 g/mol. The molecule has 96 valence electrons. The van der Waals surface area contributed by atoms with Crippen molar-refractivity contribution in [2.75, 3.05) is 19.6 Å². The summed E-state index contributed by atoms with van der Waals surface area (Å²) in [7, 11) is 0. The molecule has 1 N–H and O–H groups in total. The molecule has 2 atom stereocenters. The van der Waals surface area contributed by atoms with Crippen LogP contribution in [0.3, 0.4) is 0 Å². The predicted octanol–water partition coefficient (Wildman–Crippen LogP) is 2.25. The number of nitrogens with one attached hydrogen (secondary N) is 1. The summed E-state index contributed by atoms with van der Waals surface area (Å²) < 4.78 is 0. The SMILES string of the molecule is C#CCC(C)N1CCNC(C2CCCCC2)C1. The van der Waals surface area contributed by atoms with Crippen LogP contribution in [0.5, 0.6) is 0 Å². The van der Waals surface area contributed by atoms with E-state index in [9.17, 15) is 0 Å². The zero-order chi connectivity index (χ0) is 12.1. The van der Waals surface area contributed by atoms with Gasteiger partial charge in [0.1, 0.15) is 0 Å². The van der Waals surface area contributed by atoms with E-state index in [0.717, 1.165) is 25.4 Å². The fourth-order valence-electron chi connectivity index (χ4n) is 3.35. The Kier molecular flexibility index (Phi) is 4.88. The van der Waals surface area contributed by atoms with Crippen LogP contribution in [0.2, 0.25) is 0 Å². The van der Waals surface area contributed by atoms with Crippen LogP contribution in [-0.4, -0.2) is 36.6 Å². The van der Waals surface area contributed by atoms with Gasteiger partial charge in [-0.05, 0) is 25.7 Å². The van der Waals surface area contributed by atoms with Crippen molar-refractivity contribution in [3.8, 4) is 12.3 Å². The second-order valence-electron chi connectivity index (χ2n) is 5.71. The van der Waals surface area contributed by atoms with E-state index >= 15 is 0 Å². The quantitative estimate of drug-likeness (QED) is 0.754. The van der Waals surface area contributed by atoms with Gasteiger partial charge in [-0.15, -0.1) is 12.3 Å². The molecule has 1 aliphatic carbocycles. The van der Waals surface area contributed by atoms with Crippen LogP contribution in [0.4, 0.5) is 0 Å². The lowest BCUT2D eigenvalue weighted by atomic mass is 9.83. The van der Waals surface area contributed by atoms with Crippen LogP contribution in [0.1, 0.15) is 45.4 Å². The van der Waals surface area contributed by atoms with Crippen LogP contribution < -0.4 is 5.32 Å². The summed E-state index contributed by atoms with van der Waals surface area (Å²) in [6, 6.07) is 1.26. The smallest absolute Gasteiger partial charge is 0.0240 e. The Morgan fingerprint density at radius 1 is 1.35 bits per heavy atom. The van der Waals surface area contributed by atoms with Gasteiger partial charge in [0.25, 0.3) is 0 Å². The van der Waals surface area contributed by atoms with Crippen molar-refractivity contribution in [3.63, 3.8) is 0 Å². The molecule has 0 spiro atoms. The molecule has 2 rings (SSSR count). The Bertz CT molecular complexity index is 263. The highest BCUT2D eigenvalue weighted by Crippen LogP contribution is 2.28. The van der Waals surface area contributed by atoms with E-state index in [-0.39, 0.29) is 0 Å². The Hall–Kier alpha value is -0.520. The number of rotatable bonds is 3. The van der Waals surface area contributed by atoms with Crippen molar-refractivity contribution in [2.24, 2.45) is 5.92 Å². The Morgan fingerprint density at radius 2 is 2.12 bits per heavy atom. The van der Waals surface area contributed by atoms with Crippen molar-refractivity contribution < 1.29 is 0 Å². The summed E-state index contributed by atoms with van der Waals surface area (Å²) in [5.74, 6) is 3.70. The highest BCUT2D eigenvalue weighted by Gasteiger charge is 2.29. The minimum Gasteiger partial charge on any atom is -0.311 e. The van der Waals surface area contributed by atoms with Gasteiger partial charge in [-0.25, -0.2) is 0 Å². The number of terminal acetylenes is 1. The third-order valence-corrected chi connectivity index (χ3v) is 4.49. The maximum Gasteiger partial charge on any atom is 0.0240 e. The zero-order valence-corrected chi connectivity index (χ0v) is 11.1. The molecule has 2 heteroatoms. The van der Waals surface area contributed by atoms with Gasteiger partial charge in [0.15, 0.2) is 0 Å². The number of piperazine rings is 1. The molecule has 0 aromatic heterocycles. The van der Waals surface area contributed by atoms with E-state index in [0.29, 0.717) is 12.1 Å². The normalized spacial score (nSPS) is 29.8. The Morgan fingerprint density at radius 3 is 2.82 bits per heavy atom. The summed E-state index contributed by atoms with van der Waals surface area (Å²) in [5, 5.41) is 3.72. The maximum absolute atomic E-state index is 5.42. The molecule has 0 amide bonds. The minimum atomic E-state index is 0.549. The molecule has 2 fully saturated rings. The lowest BCUT2D eigenvalue weighted by Gasteiger charge is -2.41. The molecule has 0 bridgehead atoms. The van der Waals surface area contributed by atoms with E-state index < -0.39 is 0 Å². The van der Waals surface area contributed by atoms with E-state index in [2.05, 4.69) is 23.1 Å². The molecule has 0 aromatic carbocycles. The monoisotopic (exact) mass is 234 g/mol. The standard InChI is InChI=1S/C15H26N2/c1-3-7-13(2)17-11-10-16-15(12-17)14-8-5-4-6-9-14/h1,13-16H,4-12H2,2H3. The van der Waals surface area contributed by atoms with Gasteiger partial charge < -0.3 is 5.32 Å². The van der Waals surface area contributed by atoms with E-state index in [1.165, 1.54) is 38.6 Å². The van der Waals surface area contributed by atoms with Gasteiger partial charge in [0.05, 0.1) is 0 Å². The summed E-state index contributed by atoms with van der Waals surface area (Å²) in [6.07, 6.45) is 13.5. The van der Waals surface area contributed by atoms with Gasteiger partial charge in [0, 0.05) is 38.1 Å². The zero-order valence-electron chi connectivity index (χ0n) is 11.1. The van der Waals surface area contributed by atoms with E-state index in [1.54, 1.807) is 0 Å². The second kappa shape index (κ2) is 6.42. The summed E-state index contributed by atoms with van der Waals surface area (Å²) in [4.78, 5) is 2.58. The molecule has 2 aliphatic rings. The molecule has 2 nitrogen and oxygen atoms in total. The number of hydrogen-bond acceptors (Lipinski definition) is 2. The molecule has 1 aliphatic heterocycles. The van der Waals surface area contributed by atoms with Crippen LogP contribution in [-0.2, 0) is 0 Å². The number of hydrogen-bond donors (Lipinski definition) is 1. The van der Waals surface area contributed by atoms with Crippen LogP contribution in [0.25, 0.3) is 0 Å². The first-order valence-electron chi connectivity index (χ1n) is 7.22. The van der Waals surface area contributed by atoms with Crippen molar-refractivity contribution in [1.82, 2.24) is 10.2 Å². The first-order chi connectivity index (χ1) is 8.31. The lowest BCUT2D eigenvalue weighted by Crippen LogP contribution is -2.56. The van der Waals surface area contributed by atoms with Gasteiger partial charge in [-0.3, -0.25) is 4.90 Å². The molecule has 1 saturated heterocycles. The van der Waals surface area contributed by atoms with Crippen molar-refractivity contribution in [2.45, 2.75) is 57.5 Å². The molecule has 1 saturated carbocycles. The average Bonchev–Trinajstić information content (AvgIpc) is 2.40. The molecule has 1 heterocycles. The topological polar surface area (TPSA) is 15.3 Å². The first kappa shape index (κ1) is 12.9. The van der Waals surface area contributed by atoms with Gasteiger partial charge in [0.2, 0.25) is 0 Å². The largest absolute Gasteiger partial charge is 0.311 e. The van der Waals surface area contributed by atoms with Crippen molar-refractivity contribution in [3.05, 3.63) is 0 Å². The van der Waals surface area contributed by atoms with Gasteiger partial charge in [-0.2, -0.15) is 0 Å².